The monoisotopic (exact) mass is 270 g/mol. The summed E-state index contributed by atoms with van der Waals surface area (Å²) in [7, 11) is 0. The van der Waals surface area contributed by atoms with Crippen molar-refractivity contribution in [2.24, 2.45) is 4.99 Å². The number of rotatable bonds is 2. The Kier molecular flexibility index (Phi) is 3.98. The van der Waals surface area contributed by atoms with Crippen molar-refractivity contribution in [2.75, 3.05) is 12.3 Å². The van der Waals surface area contributed by atoms with E-state index in [-0.39, 0.29) is 0 Å². The van der Waals surface area contributed by atoms with E-state index in [0.717, 1.165) is 34.4 Å². The fourth-order valence-electron chi connectivity index (χ4n) is 1.48. The summed E-state index contributed by atoms with van der Waals surface area (Å²) in [6.07, 6.45) is 4.92. The molecule has 1 aliphatic heterocycles. The van der Waals surface area contributed by atoms with Gasteiger partial charge >= 0.3 is 0 Å². The van der Waals surface area contributed by atoms with Crippen molar-refractivity contribution in [2.45, 2.75) is 13.0 Å². The molecule has 7 heteroatoms. The number of amidine groups is 1. The van der Waals surface area contributed by atoms with Crippen LogP contribution in [0.4, 0.5) is 0 Å². The van der Waals surface area contributed by atoms with E-state index in [2.05, 4.69) is 14.9 Å². The number of thioether (sulfide) groups is 1. The second-order valence-electron chi connectivity index (χ2n) is 3.26. The number of hydrogen-bond donors (Lipinski definition) is 1. The van der Waals surface area contributed by atoms with Gasteiger partial charge in [0.2, 0.25) is 6.19 Å². The number of thiazole rings is 1. The maximum Gasteiger partial charge on any atom is 0.208 e. The van der Waals surface area contributed by atoms with Gasteiger partial charge in [-0.05, 0) is 18.6 Å². The van der Waals surface area contributed by atoms with E-state index < -0.39 is 0 Å². The zero-order valence-corrected chi connectivity index (χ0v) is 10.9. The van der Waals surface area contributed by atoms with Gasteiger partial charge in [-0.3, -0.25) is 0 Å². The van der Waals surface area contributed by atoms with Crippen molar-refractivity contribution in [3.63, 3.8) is 0 Å². The summed E-state index contributed by atoms with van der Waals surface area (Å²) in [6.45, 7) is 1.74. The smallest absolute Gasteiger partial charge is 0.208 e. The molecule has 0 radical (unpaired) electrons. The lowest BCUT2D eigenvalue weighted by molar-refractivity contribution is 0.419. The van der Waals surface area contributed by atoms with Crippen molar-refractivity contribution < 1.29 is 0 Å². The molecule has 2 heterocycles. The molecule has 0 spiro atoms. The van der Waals surface area contributed by atoms with Crippen LogP contribution in [0, 0.1) is 15.4 Å². The quantitative estimate of drug-likeness (QED) is 0.663. The lowest BCUT2D eigenvalue weighted by atomic mass is 10.4. The van der Waals surface area contributed by atoms with Crippen LogP contribution in [0.5, 0.6) is 0 Å². The van der Waals surface area contributed by atoms with Crippen LogP contribution in [0.1, 0.15) is 11.3 Å². The first-order valence-corrected chi connectivity index (χ1v) is 7.02. The number of hydrogen-bond acceptors (Lipinski definition) is 5. The molecule has 1 N–H and O–H groups in total. The van der Waals surface area contributed by atoms with E-state index in [9.17, 15) is 0 Å². The minimum absolute atomic E-state index is 0.783. The zero-order valence-electron chi connectivity index (χ0n) is 8.47. The third-order valence-corrected chi connectivity index (χ3v) is 4.42. The lowest BCUT2D eigenvalue weighted by Gasteiger charge is -2.28. The summed E-state index contributed by atoms with van der Waals surface area (Å²) in [5.41, 5.74) is 0. The Morgan fingerprint density at radius 1 is 1.69 bits per heavy atom. The Balaban J connectivity index is 2.10. The number of nitrogens with zero attached hydrogens (tertiary/aromatic N) is 3. The molecule has 0 amide bonds. The Labute approximate surface area is 107 Å². The number of aromatic nitrogens is 1. The average molecular weight is 270 g/mol. The Morgan fingerprint density at radius 2 is 2.56 bits per heavy atom. The molecule has 4 nitrogen and oxygen atoms in total. The van der Waals surface area contributed by atoms with Crippen LogP contribution in [0.2, 0.25) is 0 Å². The van der Waals surface area contributed by atoms with Gasteiger partial charge in [0.25, 0.3) is 0 Å². The first-order chi connectivity index (χ1) is 7.79. The van der Waals surface area contributed by atoms with Gasteiger partial charge in [-0.15, -0.1) is 16.3 Å². The topological polar surface area (TPSA) is 55.2 Å². The molecule has 16 heavy (non-hydrogen) atoms. The van der Waals surface area contributed by atoms with E-state index in [1.165, 1.54) is 4.88 Å². The van der Waals surface area contributed by atoms with Crippen molar-refractivity contribution in [3.05, 3.63) is 15.0 Å². The van der Waals surface area contributed by atoms with E-state index in [1.54, 1.807) is 23.1 Å². The molecule has 1 aromatic rings. The highest BCUT2D eigenvalue weighted by Crippen LogP contribution is 2.21. The average Bonchev–Trinajstić information content (AvgIpc) is 2.67. The molecule has 1 aromatic heterocycles. The number of H-pyrrole nitrogens is 1. The highest BCUT2D eigenvalue weighted by Gasteiger charge is 2.17. The van der Waals surface area contributed by atoms with E-state index >= 15 is 0 Å². The largest absolute Gasteiger partial charge is 0.345 e. The molecule has 1 fully saturated rings. The molecule has 0 aromatic carbocycles. The van der Waals surface area contributed by atoms with Crippen molar-refractivity contribution in [3.8, 4) is 6.19 Å². The Morgan fingerprint density at radius 3 is 3.25 bits per heavy atom. The highest BCUT2D eigenvalue weighted by atomic mass is 32.2. The van der Waals surface area contributed by atoms with Gasteiger partial charge in [-0.25, -0.2) is 0 Å². The van der Waals surface area contributed by atoms with Gasteiger partial charge in [0, 0.05) is 23.4 Å². The molecule has 84 valence electrons. The maximum absolute atomic E-state index is 8.61. The van der Waals surface area contributed by atoms with Crippen LogP contribution in [0.3, 0.4) is 0 Å². The van der Waals surface area contributed by atoms with E-state index in [1.807, 2.05) is 12.4 Å². The number of nitriles is 1. The van der Waals surface area contributed by atoms with Crippen molar-refractivity contribution in [1.29, 1.82) is 5.26 Å². The van der Waals surface area contributed by atoms with Crippen LogP contribution in [0.15, 0.2) is 11.2 Å². The van der Waals surface area contributed by atoms with Crippen LogP contribution < -0.4 is 0 Å². The molecule has 0 saturated carbocycles. The molecular formula is C9H10N4S3. The summed E-state index contributed by atoms with van der Waals surface area (Å²) < 4.78 is 0.790. The fourth-order valence-corrected chi connectivity index (χ4v) is 3.46. The molecule has 0 aliphatic carbocycles. The predicted molar refractivity (Wildman–Crippen MR) is 70.0 cm³/mol. The molecule has 1 aliphatic rings. The van der Waals surface area contributed by atoms with Crippen LogP contribution in [-0.2, 0) is 6.54 Å². The van der Waals surface area contributed by atoms with Gasteiger partial charge in [-0.1, -0.05) is 11.8 Å². The van der Waals surface area contributed by atoms with Gasteiger partial charge in [0.1, 0.15) is 0 Å². The van der Waals surface area contributed by atoms with Gasteiger partial charge < -0.3 is 9.88 Å². The lowest BCUT2D eigenvalue weighted by Crippen LogP contribution is -2.33. The SMILES string of the molecule is N#CN=C1SCCCN1Cc1c[nH]c(=S)s1. The van der Waals surface area contributed by atoms with Gasteiger partial charge in [-0.2, -0.15) is 5.26 Å². The Bertz CT molecular complexity index is 481. The zero-order chi connectivity index (χ0) is 11.4. The third-order valence-electron chi connectivity index (χ3n) is 2.14. The number of nitrogens with one attached hydrogen (secondary N) is 1. The molecule has 0 bridgehead atoms. The summed E-state index contributed by atoms with van der Waals surface area (Å²) in [6, 6.07) is 0. The molecule has 2 rings (SSSR count). The van der Waals surface area contributed by atoms with Gasteiger partial charge in [0.15, 0.2) is 9.12 Å². The number of aromatic amines is 1. The summed E-state index contributed by atoms with van der Waals surface area (Å²) in [5, 5.41) is 9.44. The first kappa shape index (κ1) is 11.6. The summed E-state index contributed by atoms with van der Waals surface area (Å²) >= 11 is 8.25. The third kappa shape index (κ3) is 2.84. The van der Waals surface area contributed by atoms with E-state index in [0.29, 0.717) is 0 Å². The summed E-state index contributed by atoms with van der Waals surface area (Å²) in [5.74, 6) is 1.04. The molecule has 1 saturated heterocycles. The molecular weight excluding hydrogens is 260 g/mol. The Hall–Kier alpha value is -0.840. The second kappa shape index (κ2) is 5.48. The molecule has 0 atom stereocenters. The van der Waals surface area contributed by atoms with Crippen LogP contribution in [-0.4, -0.2) is 27.3 Å². The maximum atomic E-state index is 8.61. The van der Waals surface area contributed by atoms with Crippen LogP contribution >= 0.6 is 35.3 Å². The number of aliphatic imine (C=N–C) groups is 1. The predicted octanol–water partition coefficient (Wildman–Crippen LogP) is 2.58. The fraction of sp³-hybridized carbons (Fsp3) is 0.444. The van der Waals surface area contributed by atoms with Crippen molar-refractivity contribution in [1.82, 2.24) is 9.88 Å². The molecule has 0 unspecified atom stereocenters. The minimum atomic E-state index is 0.783. The van der Waals surface area contributed by atoms with Crippen molar-refractivity contribution >= 4 is 40.5 Å². The summed E-state index contributed by atoms with van der Waals surface area (Å²) in [4.78, 5) is 10.2. The van der Waals surface area contributed by atoms with E-state index in [4.69, 9.17) is 17.5 Å². The highest BCUT2D eigenvalue weighted by molar-refractivity contribution is 8.13. The second-order valence-corrected chi connectivity index (χ2v) is 6.13. The normalized spacial score (nSPS) is 18.7. The first-order valence-electron chi connectivity index (χ1n) is 4.81. The standard InChI is InChI=1S/C9H10N4S3/c10-6-12-8-13(2-1-3-15-8)5-7-4-11-9(14)16-7/h4H,1-3,5H2,(H,11,14). The van der Waals surface area contributed by atoms with Gasteiger partial charge in [0.05, 0.1) is 6.54 Å². The minimum Gasteiger partial charge on any atom is -0.345 e. The van der Waals surface area contributed by atoms with Crippen LogP contribution in [0.25, 0.3) is 0 Å².